The number of benzene rings is 1. The molecule has 0 aliphatic rings. The molecule has 1 aromatic rings. The quantitative estimate of drug-likeness (QED) is 0.868. The summed E-state index contributed by atoms with van der Waals surface area (Å²) in [7, 11) is 1.59. The second-order valence-electron chi connectivity index (χ2n) is 3.31. The van der Waals surface area contributed by atoms with Gasteiger partial charge in [-0.25, -0.2) is 0 Å². The van der Waals surface area contributed by atoms with Gasteiger partial charge in [0.15, 0.2) is 0 Å². The van der Waals surface area contributed by atoms with Crippen LogP contribution in [0.2, 0.25) is 5.02 Å². The summed E-state index contributed by atoms with van der Waals surface area (Å²) in [5, 5.41) is 12.4. The van der Waals surface area contributed by atoms with Gasteiger partial charge in [-0.3, -0.25) is 0 Å². The van der Waals surface area contributed by atoms with Crippen LogP contribution in [0.5, 0.6) is 0 Å². The first-order valence-corrected chi connectivity index (χ1v) is 4.93. The second-order valence-corrected chi connectivity index (χ2v) is 3.71. The molecule has 1 unspecified atom stereocenters. The number of aliphatic hydroxyl groups is 1. The third kappa shape index (κ3) is 3.10. The van der Waals surface area contributed by atoms with Crippen LogP contribution < -0.4 is 5.32 Å². The van der Waals surface area contributed by atoms with Crippen molar-refractivity contribution in [3.05, 3.63) is 34.3 Å². The fourth-order valence-electron chi connectivity index (χ4n) is 1.28. The number of likely N-dealkylation sites (N-methyl/N-ethyl adjacent to an activating group) is 1. The van der Waals surface area contributed by atoms with E-state index in [4.69, 9.17) is 11.6 Å². The third-order valence-electron chi connectivity index (χ3n) is 2.08. The first-order valence-electron chi connectivity index (χ1n) is 4.55. The van der Waals surface area contributed by atoms with Gasteiger partial charge in [0, 0.05) is 17.1 Å². The molecule has 0 aliphatic carbocycles. The van der Waals surface area contributed by atoms with E-state index in [0.29, 0.717) is 0 Å². The Morgan fingerprint density at radius 2 is 2.06 bits per heavy atom. The van der Waals surface area contributed by atoms with Crippen molar-refractivity contribution in [1.82, 2.24) is 5.32 Å². The number of alkyl halides is 3. The zero-order chi connectivity index (χ0) is 12.3. The number of hydrogen-bond acceptors (Lipinski definition) is 2. The summed E-state index contributed by atoms with van der Waals surface area (Å²) in [6.45, 7) is 0.140. The minimum atomic E-state index is -4.43. The van der Waals surface area contributed by atoms with E-state index < -0.39 is 17.8 Å². The van der Waals surface area contributed by atoms with Crippen LogP contribution in [0.4, 0.5) is 13.2 Å². The lowest BCUT2D eigenvalue weighted by Gasteiger charge is -2.14. The third-order valence-corrected chi connectivity index (χ3v) is 2.42. The van der Waals surface area contributed by atoms with Gasteiger partial charge in [0.25, 0.3) is 0 Å². The van der Waals surface area contributed by atoms with E-state index in [1.165, 1.54) is 0 Å². The Morgan fingerprint density at radius 1 is 1.44 bits per heavy atom. The van der Waals surface area contributed by atoms with E-state index in [2.05, 4.69) is 5.32 Å². The molecule has 90 valence electrons. The molecule has 0 spiro atoms. The maximum atomic E-state index is 12.4. The normalized spacial score (nSPS) is 13.9. The largest absolute Gasteiger partial charge is 0.416 e. The highest BCUT2D eigenvalue weighted by molar-refractivity contribution is 6.31. The van der Waals surface area contributed by atoms with Crippen LogP contribution in [0.3, 0.4) is 0 Å². The maximum absolute atomic E-state index is 12.4. The van der Waals surface area contributed by atoms with Crippen LogP contribution in [-0.2, 0) is 6.18 Å². The van der Waals surface area contributed by atoms with Crippen molar-refractivity contribution in [2.75, 3.05) is 13.6 Å². The van der Waals surface area contributed by atoms with E-state index >= 15 is 0 Å². The Morgan fingerprint density at radius 3 is 2.56 bits per heavy atom. The van der Waals surface area contributed by atoms with E-state index in [9.17, 15) is 18.3 Å². The topological polar surface area (TPSA) is 32.3 Å². The molecule has 0 aromatic heterocycles. The highest BCUT2D eigenvalue weighted by atomic mass is 35.5. The maximum Gasteiger partial charge on any atom is 0.416 e. The van der Waals surface area contributed by atoms with E-state index in [-0.39, 0.29) is 17.1 Å². The minimum absolute atomic E-state index is 0.0749. The summed E-state index contributed by atoms with van der Waals surface area (Å²) in [6.07, 6.45) is -5.49. The zero-order valence-electron chi connectivity index (χ0n) is 8.48. The predicted molar refractivity (Wildman–Crippen MR) is 55.3 cm³/mol. The monoisotopic (exact) mass is 253 g/mol. The first kappa shape index (κ1) is 13.3. The summed E-state index contributed by atoms with van der Waals surface area (Å²) in [5.41, 5.74) is -0.743. The predicted octanol–water partition coefficient (Wildman–Crippen LogP) is 2.61. The Balaban J connectivity index is 3.09. The van der Waals surface area contributed by atoms with Crippen molar-refractivity contribution in [3.8, 4) is 0 Å². The summed E-state index contributed by atoms with van der Waals surface area (Å²) < 4.78 is 37.2. The smallest absolute Gasteiger partial charge is 0.387 e. The molecule has 0 bridgehead atoms. The van der Waals surface area contributed by atoms with Crippen LogP contribution in [0.1, 0.15) is 17.2 Å². The van der Waals surface area contributed by atoms with Gasteiger partial charge in [0.05, 0.1) is 11.7 Å². The Bertz CT molecular complexity index is 368. The van der Waals surface area contributed by atoms with E-state index in [1.54, 1.807) is 7.05 Å². The van der Waals surface area contributed by atoms with Gasteiger partial charge in [-0.1, -0.05) is 11.6 Å². The van der Waals surface area contributed by atoms with Crippen molar-refractivity contribution < 1.29 is 18.3 Å². The highest BCUT2D eigenvalue weighted by Gasteiger charge is 2.31. The molecule has 0 radical (unpaired) electrons. The average Bonchev–Trinajstić information content (AvgIpc) is 2.16. The molecule has 0 saturated heterocycles. The Hall–Kier alpha value is -0.780. The summed E-state index contributed by atoms with van der Waals surface area (Å²) in [5.74, 6) is 0. The number of hydrogen-bond donors (Lipinski definition) is 2. The molecule has 16 heavy (non-hydrogen) atoms. The van der Waals surface area contributed by atoms with Crippen LogP contribution in [0.25, 0.3) is 0 Å². The van der Waals surface area contributed by atoms with Crippen LogP contribution in [-0.4, -0.2) is 18.7 Å². The standard InChI is InChI=1S/C10H11ClF3NO/c1-15-5-9(16)7-4-6(10(12,13)14)2-3-8(7)11/h2-4,9,15-16H,5H2,1H3. The van der Waals surface area contributed by atoms with Crippen LogP contribution >= 0.6 is 11.6 Å². The first-order chi connectivity index (χ1) is 7.36. The van der Waals surface area contributed by atoms with E-state index in [1.807, 2.05) is 0 Å². The molecule has 0 fully saturated rings. The molecule has 0 aliphatic heterocycles. The van der Waals surface area contributed by atoms with Crippen molar-refractivity contribution in [2.45, 2.75) is 12.3 Å². The molecule has 2 N–H and O–H groups in total. The fraction of sp³-hybridized carbons (Fsp3) is 0.400. The van der Waals surface area contributed by atoms with Gasteiger partial charge >= 0.3 is 6.18 Å². The van der Waals surface area contributed by atoms with Gasteiger partial charge in [-0.2, -0.15) is 13.2 Å². The highest BCUT2D eigenvalue weighted by Crippen LogP contribution is 2.33. The Kier molecular flexibility index (Phi) is 4.18. The van der Waals surface area contributed by atoms with Gasteiger partial charge < -0.3 is 10.4 Å². The van der Waals surface area contributed by atoms with Crippen LogP contribution in [0.15, 0.2) is 18.2 Å². The number of halogens is 4. The fourth-order valence-corrected chi connectivity index (χ4v) is 1.52. The molecule has 1 rings (SSSR count). The number of rotatable bonds is 3. The van der Waals surface area contributed by atoms with E-state index in [0.717, 1.165) is 18.2 Å². The molecule has 2 nitrogen and oxygen atoms in total. The summed E-state index contributed by atoms with van der Waals surface area (Å²) >= 11 is 5.72. The van der Waals surface area contributed by atoms with Gasteiger partial charge in [0.2, 0.25) is 0 Å². The molecular weight excluding hydrogens is 243 g/mol. The van der Waals surface area contributed by atoms with Crippen molar-refractivity contribution in [2.24, 2.45) is 0 Å². The SMILES string of the molecule is CNCC(O)c1cc(C(F)(F)F)ccc1Cl. The summed E-state index contributed by atoms with van der Waals surface area (Å²) in [4.78, 5) is 0. The molecule has 0 amide bonds. The summed E-state index contributed by atoms with van der Waals surface area (Å²) in [6, 6.07) is 2.89. The van der Waals surface area contributed by atoms with Gasteiger partial charge in [0.1, 0.15) is 0 Å². The Labute approximate surface area is 96.0 Å². The van der Waals surface area contributed by atoms with Crippen molar-refractivity contribution >= 4 is 11.6 Å². The minimum Gasteiger partial charge on any atom is -0.387 e. The van der Waals surface area contributed by atoms with Crippen molar-refractivity contribution in [3.63, 3.8) is 0 Å². The second kappa shape index (κ2) is 5.03. The number of aliphatic hydroxyl groups excluding tert-OH is 1. The zero-order valence-corrected chi connectivity index (χ0v) is 9.23. The van der Waals surface area contributed by atoms with Gasteiger partial charge in [-0.15, -0.1) is 0 Å². The molecule has 1 aromatic carbocycles. The average molecular weight is 254 g/mol. The molecule has 6 heteroatoms. The van der Waals surface area contributed by atoms with Gasteiger partial charge in [-0.05, 0) is 25.2 Å². The lowest BCUT2D eigenvalue weighted by molar-refractivity contribution is -0.137. The van der Waals surface area contributed by atoms with Crippen molar-refractivity contribution in [1.29, 1.82) is 0 Å². The van der Waals surface area contributed by atoms with Crippen LogP contribution in [0, 0.1) is 0 Å². The molecule has 0 heterocycles. The lowest BCUT2D eigenvalue weighted by Crippen LogP contribution is -2.17. The number of nitrogens with one attached hydrogen (secondary N) is 1. The molecule has 0 saturated carbocycles. The molecular formula is C10H11ClF3NO. The molecule has 1 atom stereocenters. The lowest BCUT2D eigenvalue weighted by atomic mass is 10.1.